The number of carbonyl (C=O) groups excluding carboxylic acids is 1. The lowest BCUT2D eigenvalue weighted by Crippen LogP contribution is -2.32. The number of amides is 1. The van der Waals surface area contributed by atoms with Gasteiger partial charge >= 0.3 is 0 Å². The Morgan fingerprint density at radius 2 is 2.10 bits per heavy atom. The fourth-order valence-corrected chi connectivity index (χ4v) is 1.94. The summed E-state index contributed by atoms with van der Waals surface area (Å²) in [6, 6.07) is 4.20. The van der Waals surface area contributed by atoms with E-state index in [1.165, 1.54) is 18.2 Å². The lowest BCUT2D eigenvalue weighted by molar-refractivity contribution is -0.385. The topological polar surface area (TPSA) is 92.5 Å². The molecule has 6 heteroatoms. The fraction of sp³-hybridized carbons (Fsp3) is 0.500. The minimum absolute atomic E-state index is 0.0126. The Labute approximate surface area is 118 Å². The number of carbonyl (C=O) groups is 1. The molecule has 0 aromatic heterocycles. The Balaban J connectivity index is 2.64. The second kappa shape index (κ2) is 7.00. The van der Waals surface area contributed by atoms with E-state index >= 15 is 0 Å². The summed E-state index contributed by atoms with van der Waals surface area (Å²) in [4.78, 5) is 22.1. The van der Waals surface area contributed by atoms with Crippen LogP contribution in [0.15, 0.2) is 18.2 Å². The molecule has 1 amide bonds. The maximum atomic E-state index is 11.9. The number of hydrogen-bond donors (Lipinski definition) is 2. The molecule has 20 heavy (non-hydrogen) atoms. The van der Waals surface area contributed by atoms with Gasteiger partial charge in [0.05, 0.1) is 11.0 Å². The van der Waals surface area contributed by atoms with Crippen LogP contribution in [0.4, 0.5) is 5.69 Å². The summed E-state index contributed by atoms with van der Waals surface area (Å²) >= 11 is 0. The van der Waals surface area contributed by atoms with Crippen LogP contribution in [0.1, 0.15) is 36.2 Å². The first-order chi connectivity index (χ1) is 9.31. The number of nitro benzene ring substituents is 1. The Morgan fingerprint density at radius 3 is 2.60 bits per heavy atom. The molecule has 0 heterocycles. The van der Waals surface area contributed by atoms with Crippen LogP contribution in [-0.2, 0) is 0 Å². The molecule has 1 atom stereocenters. The molecule has 1 rings (SSSR count). The first kappa shape index (κ1) is 16.1. The summed E-state index contributed by atoms with van der Waals surface area (Å²) < 4.78 is 0. The van der Waals surface area contributed by atoms with Crippen molar-refractivity contribution in [3.8, 4) is 0 Å². The highest BCUT2D eigenvalue weighted by molar-refractivity contribution is 5.94. The third kappa shape index (κ3) is 4.62. The van der Waals surface area contributed by atoms with E-state index in [0.29, 0.717) is 23.5 Å². The maximum absolute atomic E-state index is 11.9. The molecule has 1 aromatic rings. The minimum atomic E-state index is -0.585. The summed E-state index contributed by atoms with van der Waals surface area (Å²) in [7, 11) is 0. The molecule has 0 spiro atoms. The van der Waals surface area contributed by atoms with Gasteiger partial charge in [-0.25, -0.2) is 0 Å². The molecule has 2 N–H and O–H groups in total. The molecule has 1 aromatic carbocycles. The zero-order valence-corrected chi connectivity index (χ0v) is 11.9. The van der Waals surface area contributed by atoms with Gasteiger partial charge in [0.15, 0.2) is 0 Å². The van der Waals surface area contributed by atoms with E-state index in [4.69, 9.17) is 0 Å². The standard InChI is InChI=1S/C14H20N2O4/c1-9(2)6-12(17)8-15-14(18)11-4-5-13(16(19)20)10(3)7-11/h4-5,7,9,12,17H,6,8H2,1-3H3,(H,15,18). The van der Waals surface area contributed by atoms with Crippen LogP contribution in [-0.4, -0.2) is 28.6 Å². The van der Waals surface area contributed by atoms with Gasteiger partial charge in [-0.15, -0.1) is 0 Å². The van der Waals surface area contributed by atoms with Crippen molar-refractivity contribution in [3.63, 3.8) is 0 Å². The summed E-state index contributed by atoms with van der Waals surface area (Å²) in [5.74, 6) is 0.00863. The first-order valence-corrected chi connectivity index (χ1v) is 6.52. The largest absolute Gasteiger partial charge is 0.391 e. The van der Waals surface area contributed by atoms with Crippen molar-refractivity contribution in [1.29, 1.82) is 0 Å². The van der Waals surface area contributed by atoms with E-state index in [-0.39, 0.29) is 18.1 Å². The molecule has 110 valence electrons. The van der Waals surface area contributed by atoms with Crippen LogP contribution < -0.4 is 5.32 Å². The van der Waals surface area contributed by atoms with Crippen LogP contribution in [0.25, 0.3) is 0 Å². The Bertz CT molecular complexity index is 500. The zero-order chi connectivity index (χ0) is 15.3. The van der Waals surface area contributed by atoms with Gasteiger partial charge in [-0.3, -0.25) is 14.9 Å². The smallest absolute Gasteiger partial charge is 0.272 e. The van der Waals surface area contributed by atoms with Crippen LogP contribution >= 0.6 is 0 Å². The van der Waals surface area contributed by atoms with Crippen LogP contribution in [0.3, 0.4) is 0 Å². The van der Waals surface area contributed by atoms with E-state index < -0.39 is 11.0 Å². The normalized spacial score (nSPS) is 12.2. The number of nitrogens with zero attached hydrogens (tertiary/aromatic N) is 1. The number of aliphatic hydroxyl groups is 1. The Kier molecular flexibility index (Phi) is 5.64. The Morgan fingerprint density at radius 1 is 1.45 bits per heavy atom. The van der Waals surface area contributed by atoms with Gasteiger partial charge in [-0.05, 0) is 31.4 Å². The number of nitrogens with one attached hydrogen (secondary N) is 1. The van der Waals surface area contributed by atoms with E-state index in [0.717, 1.165) is 0 Å². The van der Waals surface area contributed by atoms with Crippen molar-refractivity contribution in [2.75, 3.05) is 6.54 Å². The quantitative estimate of drug-likeness (QED) is 0.616. The second-order valence-electron chi connectivity index (χ2n) is 5.25. The van der Waals surface area contributed by atoms with Crippen molar-refractivity contribution in [2.24, 2.45) is 5.92 Å². The Hall–Kier alpha value is -1.95. The van der Waals surface area contributed by atoms with Gasteiger partial charge < -0.3 is 10.4 Å². The molecular weight excluding hydrogens is 260 g/mol. The van der Waals surface area contributed by atoms with Crippen LogP contribution in [0.2, 0.25) is 0 Å². The molecule has 0 bridgehead atoms. The lowest BCUT2D eigenvalue weighted by Gasteiger charge is -2.14. The van der Waals surface area contributed by atoms with Crippen molar-refractivity contribution in [2.45, 2.75) is 33.3 Å². The lowest BCUT2D eigenvalue weighted by atomic mass is 10.1. The SMILES string of the molecule is Cc1cc(C(=O)NCC(O)CC(C)C)ccc1[N+](=O)[O-]. The molecule has 0 aliphatic rings. The van der Waals surface area contributed by atoms with Gasteiger partial charge in [0, 0.05) is 23.7 Å². The molecule has 6 nitrogen and oxygen atoms in total. The highest BCUT2D eigenvalue weighted by atomic mass is 16.6. The average Bonchev–Trinajstić information content (AvgIpc) is 2.34. The molecular formula is C14H20N2O4. The van der Waals surface area contributed by atoms with Gasteiger partial charge in [-0.1, -0.05) is 13.8 Å². The molecule has 0 aliphatic heterocycles. The molecule has 1 unspecified atom stereocenters. The van der Waals surface area contributed by atoms with Gasteiger partial charge in [0.2, 0.25) is 0 Å². The predicted molar refractivity (Wildman–Crippen MR) is 75.6 cm³/mol. The highest BCUT2D eigenvalue weighted by Crippen LogP contribution is 2.18. The number of benzene rings is 1. The van der Waals surface area contributed by atoms with Crippen molar-refractivity contribution in [3.05, 3.63) is 39.4 Å². The molecule has 0 saturated carbocycles. The van der Waals surface area contributed by atoms with Crippen LogP contribution in [0.5, 0.6) is 0 Å². The van der Waals surface area contributed by atoms with E-state index in [9.17, 15) is 20.0 Å². The van der Waals surface area contributed by atoms with Crippen molar-refractivity contribution < 1.29 is 14.8 Å². The molecule has 0 saturated heterocycles. The van der Waals surface area contributed by atoms with Crippen molar-refractivity contribution in [1.82, 2.24) is 5.32 Å². The van der Waals surface area contributed by atoms with Crippen molar-refractivity contribution >= 4 is 11.6 Å². The third-order valence-electron chi connectivity index (χ3n) is 2.90. The summed E-state index contributed by atoms with van der Waals surface area (Å²) in [6.07, 6.45) is 0.0256. The van der Waals surface area contributed by atoms with Gasteiger partial charge in [-0.2, -0.15) is 0 Å². The summed E-state index contributed by atoms with van der Waals surface area (Å²) in [5.41, 5.74) is 0.775. The number of rotatable bonds is 6. The monoisotopic (exact) mass is 280 g/mol. The van der Waals surface area contributed by atoms with Gasteiger partial charge in [0.25, 0.3) is 11.6 Å². The third-order valence-corrected chi connectivity index (χ3v) is 2.90. The fourth-order valence-electron chi connectivity index (χ4n) is 1.94. The summed E-state index contributed by atoms with van der Waals surface area (Å²) in [5, 5.41) is 23.0. The van der Waals surface area contributed by atoms with E-state index in [2.05, 4.69) is 5.32 Å². The summed E-state index contributed by atoms with van der Waals surface area (Å²) in [6.45, 7) is 5.74. The number of nitro groups is 1. The van der Waals surface area contributed by atoms with Crippen LogP contribution in [0, 0.1) is 23.0 Å². The highest BCUT2D eigenvalue weighted by Gasteiger charge is 2.14. The minimum Gasteiger partial charge on any atom is -0.391 e. The average molecular weight is 280 g/mol. The number of aliphatic hydroxyl groups excluding tert-OH is 1. The number of hydrogen-bond acceptors (Lipinski definition) is 4. The second-order valence-corrected chi connectivity index (χ2v) is 5.25. The zero-order valence-electron chi connectivity index (χ0n) is 11.9. The van der Waals surface area contributed by atoms with Gasteiger partial charge in [0.1, 0.15) is 0 Å². The van der Waals surface area contributed by atoms with E-state index in [1.54, 1.807) is 6.92 Å². The number of aryl methyl sites for hydroxylation is 1. The first-order valence-electron chi connectivity index (χ1n) is 6.52. The molecule has 0 fully saturated rings. The van der Waals surface area contributed by atoms with E-state index in [1.807, 2.05) is 13.8 Å². The molecule has 0 aliphatic carbocycles. The molecule has 0 radical (unpaired) electrons. The predicted octanol–water partition coefficient (Wildman–Crippen LogP) is 2.04. The maximum Gasteiger partial charge on any atom is 0.272 e.